The first kappa shape index (κ1) is 23.5. The molecule has 8 heteroatoms. The van der Waals surface area contributed by atoms with Gasteiger partial charge in [0.15, 0.2) is 0 Å². The fourth-order valence-corrected chi connectivity index (χ4v) is 3.28. The number of ether oxygens (including phenoxy) is 2. The molecule has 0 aromatic heterocycles. The molecule has 0 saturated carbocycles. The molecule has 8 nitrogen and oxygen atoms in total. The number of hydrogen-bond donors (Lipinski definition) is 1. The van der Waals surface area contributed by atoms with E-state index < -0.39 is 23.8 Å². The lowest BCUT2D eigenvalue weighted by Gasteiger charge is -2.38. The number of aromatic carboxylic acids is 1. The summed E-state index contributed by atoms with van der Waals surface area (Å²) in [4.78, 5) is 40.4. The van der Waals surface area contributed by atoms with Crippen LogP contribution in [0.1, 0.15) is 62.3 Å². The van der Waals surface area contributed by atoms with Crippen LogP contribution in [0.5, 0.6) is 5.75 Å². The maximum Gasteiger partial charge on any atom is 0.410 e. The fourth-order valence-electron chi connectivity index (χ4n) is 3.28. The summed E-state index contributed by atoms with van der Waals surface area (Å²) in [6.07, 6.45) is -1.03. The third kappa shape index (κ3) is 5.43. The predicted molar refractivity (Wildman–Crippen MR) is 112 cm³/mol. The van der Waals surface area contributed by atoms with Crippen LogP contribution in [0.25, 0.3) is 0 Å². The van der Waals surface area contributed by atoms with E-state index in [4.69, 9.17) is 9.47 Å². The molecule has 166 valence electrons. The zero-order chi connectivity index (χ0) is 22.8. The van der Waals surface area contributed by atoms with Crippen molar-refractivity contribution in [1.29, 1.82) is 0 Å². The second kappa shape index (κ2) is 8.93. The van der Waals surface area contributed by atoms with Gasteiger partial charge in [0.2, 0.25) is 0 Å². The van der Waals surface area contributed by atoms with Crippen LogP contribution in [0.2, 0.25) is 0 Å². The summed E-state index contributed by atoms with van der Waals surface area (Å²) in [6, 6.07) is 4.44. The minimum Gasteiger partial charge on any atom is -0.486 e. The summed E-state index contributed by atoms with van der Waals surface area (Å²) in [5.74, 6) is -1.57. The fraction of sp³-hybridized carbons (Fsp3) is 0.591. The summed E-state index contributed by atoms with van der Waals surface area (Å²) in [7, 11) is 1.61. The molecule has 0 saturated heterocycles. The van der Waals surface area contributed by atoms with E-state index in [9.17, 15) is 19.5 Å². The van der Waals surface area contributed by atoms with E-state index in [2.05, 4.69) is 0 Å². The summed E-state index contributed by atoms with van der Waals surface area (Å²) in [6.45, 7) is 11.7. The maximum atomic E-state index is 13.1. The Bertz CT molecular complexity index is 814. The molecule has 0 aliphatic carbocycles. The number of carboxylic acids is 1. The first-order valence-corrected chi connectivity index (χ1v) is 10.1. The van der Waals surface area contributed by atoms with Crippen LogP contribution < -0.4 is 4.74 Å². The van der Waals surface area contributed by atoms with Gasteiger partial charge in [-0.3, -0.25) is 4.79 Å². The molecule has 0 bridgehead atoms. The predicted octanol–water partition coefficient (Wildman–Crippen LogP) is 3.50. The first-order valence-electron chi connectivity index (χ1n) is 10.1. The number of para-hydroxylation sites is 1. The van der Waals surface area contributed by atoms with Gasteiger partial charge in [-0.15, -0.1) is 0 Å². The summed E-state index contributed by atoms with van der Waals surface area (Å²) >= 11 is 0. The third-order valence-corrected chi connectivity index (χ3v) is 4.91. The van der Waals surface area contributed by atoms with Crippen molar-refractivity contribution in [2.75, 3.05) is 20.1 Å². The summed E-state index contributed by atoms with van der Waals surface area (Å²) in [5.41, 5.74) is -0.508. The molecule has 0 spiro atoms. The highest BCUT2D eigenvalue weighted by atomic mass is 16.6. The Labute approximate surface area is 177 Å². The van der Waals surface area contributed by atoms with Gasteiger partial charge in [0, 0.05) is 25.6 Å². The highest BCUT2D eigenvalue weighted by Gasteiger charge is 2.35. The monoisotopic (exact) mass is 420 g/mol. The second-order valence-corrected chi connectivity index (χ2v) is 9.03. The average molecular weight is 421 g/mol. The van der Waals surface area contributed by atoms with E-state index in [0.29, 0.717) is 6.54 Å². The lowest BCUT2D eigenvalue weighted by Crippen LogP contribution is -2.49. The average Bonchev–Trinajstić information content (AvgIpc) is 2.62. The molecule has 1 aliphatic rings. The number of carbonyl (C=O) groups excluding carboxylic acids is 2. The van der Waals surface area contributed by atoms with E-state index in [0.717, 1.165) is 0 Å². The van der Waals surface area contributed by atoms with E-state index >= 15 is 0 Å². The first-order chi connectivity index (χ1) is 13.8. The van der Waals surface area contributed by atoms with Gasteiger partial charge in [0.25, 0.3) is 5.91 Å². The SMILES string of the molecule is CC(C)N1C[C@H](C)[C@@H](CN(C)C(=O)OC(C)(C)C)Oc2c(C(=O)O)cccc2C1=O. The van der Waals surface area contributed by atoms with Crippen LogP contribution in [-0.2, 0) is 4.74 Å². The van der Waals surface area contributed by atoms with Crippen molar-refractivity contribution in [3.05, 3.63) is 29.3 Å². The lowest BCUT2D eigenvalue weighted by molar-refractivity contribution is 0.0126. The number of hydrogen-bond acceptors (Lipinski definition) is 5. The normalized spacial score (nSPS) is 19.5. The number of fused-ring (bicyclic) bond motifs is 1. The largest absolute Gasteiger partial charge is 0.486 e. The number of amides is 2. The van der Waals surface area contributed by atoms with Crippen molar-refractivity contribution in [2.45, 2.75) is 59.3 Å². The Morgan fingerprint density at radius 2 is 1.97 bits per heavy atom. The van der Waals surface area contributed by atoms with Crippen molar-refractivity contribution < 1.29 is 29.0 Å². The maximum absolute atomic E-state index is 13.1. The molecule has 2 atom stereocenters. The van der Waals surface area contributed by atoms with E-state index in [1.54, 1.807) is 38.8 Å². The molecule has 2 amide bonds. The molecule has 0 unspecified atom stereocenters. The number of carbonyl (C=O) groups is 3. The minimum atomic E-state index is -1.18. The third-order valence-electron chi connectivity index (χ3n) is 4.91. The van der Waals surface area contributed by atoms with Gasteiger partial charge >= 0.3 is 12.1 Å². The van der Waals surface area contributed by atoms with Gasteiger partial charge in [-0.05, 0) is 46.8 Å². The van der Waals surface area contributed by atoms with Gasteiger partial charge in [-0.25, -0.2) is 9.59 Å². The molecule has 0 fully saturated rings. The number of benzene rings is 1. The summed E-state index contributed by atoms with van der Waals surface area (Å²) < 4.78 is 11.5. The van der Waals surface area contributed by atoms with Crippen molar-refractivity contribution >= 4 is 18.0 Å². The number of nitrogens with zero attached hydrogens (tertiary/aromatic N) is 2. The molecule has 0 radical (unpaired) electrons. The van der Waals surface area contributed by atoms with Crippen molar-refractivity contribution in [2.24, 2.45) is 5.92 Å². The van der Waals surface area contributed by atoms with Crippen LogP contribution >= 0.6 is 0 Å². The number of rotatable bonds is 4. The zero-order valence-electron chi connectivity index (χ0n) is 18.8. The van der Waals surface area contributed by atoms with Gasteiger partial charge in [0.1, 0.15) is 23.0 Å². The highest BCUT2D eigenvalue weighted by molar-refractivity contribution is 6.02. The van der Waals surface area contributed by atoms with Crippen LogP contribution in [0.3, 0.4) is 0 Å². The van der Waals surface area contributed by atoms with Crippen LogP contribution in [0.15, 0.2) is 18.2 Å². The standard InChI is InChI=1S/C22H32N2O6/c1-13(2)24-11-14(3)17(12-23(7)21(28)30-22(4,5)6)29-18-15(19(24)25)9-8-10-16(18)20(26)27/h8-10,13-14,17H,11-12H2,1-7H3,(H,26,27)/t14-,17+/m0/s1. The molecular weight excluding hydrogens is 388 g/mol. The van der Waals surface area contributed by atoms with Crippen LogP contribution in [-0.4, -0.2) is 70.8 Å². The lowest BCUT2D eigenvalue weighted by atomic mass is 9.98. The Morgan fingerprint density at radius 1 is 1.33 bits per heavy atom. The van der Waals surface area contributed by atoms with Gasteiger partial charge in [-0.1, -0.05) is 13.0 Å². The van der Waals surface area contributed by atoms with E-state index in [1.165, 1.54) is 17.0 Å². The van der Waals surface area contributed by atoms with Crippen molar-refractivity contribution in [3.8, 4) is 5.75 Å². The molecule has 30 heavy (non-hydrogen) atoms. The number of likely N-dealkylation sites (N-methyl/N-ethyl adjacent to an activating group) is 1. The van der Waals surface area contributed by atoms with Crippen molar-refractivity contribution in [1.82, 2.24) is 9.80 Å². The Hall–Kier alpha value is -2.77. The molecular formula is C22H32N2O6. The minimum absolute atomic E-state index is 0.0368. The van der Waals surface area contributed by atoms with Crippen LogP contribution in [0.4, 0.5) is 4.79 Å². The summed E-state index contributed by atoms with van der Waals surface area (Å²) in [5, 5.41) is 9.62. The molecule has 1 aromatic rings. The van der Waals surface area contributed by atoms with E-state index in [-0.39, 0.29) is 41.3 Å². The Kier molecular flexibility index (Phi) is 7.00. The second-order valence-electron chi connectivity index (χ2n) is 9.03. The molecule has 1 N–H and O–H groups in total. The smallest absolute Gasteiger partial charge is 0.410 e. The Morgan fingerprint density at radius 3 is 2.50 bits per heavy atom. The quantitative estimate of drug-likeness (QED) is 0.801. The zero-order valence-corrected chi connectivity index (χ0v) is 18.8. The Balaban J connectivity index is 2.44. The molecule has 1 aromatic carbocycles. The van der Waals surface area contributed by atoms with E-state index in [1.807, 2.05) is 20.8 Å². The topological polar surface area (TPSA) is 96.4 Å². The van der Waals surface area contributed by atoms with Crippen LogP contribution in [0, 0.1) is 5.92 Å². The molecule has 1 aliphatic heterocycles. The molecule has 2 rings (SSSR count). The number of carboxylic acid groups (broad SMARTS) is 1. The van der Waals surface area contributed by atoms with Gasteiger partial charge in [-0.2, -0.15) is 0 Å². The van der Waals surface area contributed by atoms with Crippen molar-refractivity contribution in [3.63, 3.8) is 0 Å². The highest BCUT2D eigenvalue weighted by Crippen LogP contribution is 2.31. The van der Waals surface area contributed by atoms with Gasteiger partial charge in [0.05, 0.1) is 12.1 Å². The van der Waals surface area contributed by atoms with Gasteiger partial charge < -0.3 is 24.4 Å². The molecule has 1 heterocycles.